The summed E-state index contributed by atoms with van der Waals surface area (Å²) in [5, 5.41) is 5.62. The van der Waals surface area contributed by atoms with Gasteiger partial charge in [-0.05, 0) is 38.0 Å². The molecule has 0 bridgehead atoms. The monoisotopic (exact) mass is 339 g/mol. The van der Waals surface area contributed by atoms with Crippen LogP contribution < -0.4 is 10.6 Å². The predicted molar refractivity (Wildman–Crippen MR) is 94.7 cm³/mol. The Balaban J connectivity index is 1.62. The van der Waals surface area contributed by atoms with Crippen LogP contribution in [0.4, 0.5) is 5.69 Å². The molecule has 2 N–H and O–H groups in total. The molecule has 6 nitrogen and oxygen atoms in total. The first-order chi connectivity index (χ1) is 12.1. The summed E-state index contributed by atoms with van der Waals surface area (Å²) in [5.41, 5.74) is 2.51. The fourth-order valence-electron chi connectivity index (χ4n) is 2.64. The Bertz CT molecular complexity index is 753. The number of ether oxygens (including phenoxy) is 1. The standard InChI is InChI=1S/C19H21N3O3/c1-13-4-6-16(7-5-13)22-19(24)15-9-14(10-20-11-15)18(23)21-12-17-3-2-8-25-17/h4-7,9-11,17H,2-3,8,12H2,1H3,(H,21,23)(H,22,24). The number of amides is 2. The number of aromatic nitrogens is 1. The molecule has 0 aliphatic carbocycles. The van der Waals surface area contributed by atoms with E-state index in [2.05, 4.69) is 15.6 Å². The maximum absolute atomic E-state index is 12.3. The van der Waals surface area contributed by atoms with Crippen molar-refractivity contribution in [3.8, 4) is 0 Å². The Labute approximate surface area is 146 Å². The Morgan fingerprint density at radius 2 is 1.88 bits per heavy atom. The highest BCUT2D eigenvalue weighted by Gasteiger charge is 2.17. The summed E-state index contributed by atoms with van der Waals surface area (Å²) in [6.45, 7) is 3.20. The lowest BCUT2D eigenvalue weighted by Crippen LogP contribution is -2.32. The number of pyridine rings is 1. The van der Waals surface area contributed by atoms with Gasteiger partial charge in [-0.2, -0.15) is 0 Å². The van der Waals surface area contributed by atoms with E-state index in [0.717, 1.165) is 25.0 Å². The van der Waals surface area contributed by atoms with E-state index in [4.69, 9.17) is 4.74 Å². The average molecular weight is 339 g/mol. The lowest BCUT2D eigenvalue weighted by Gasteiger charge is -2.11. The Morgan fingerprint density at radius 3 is 2.56 bits per heavy atom. The van der Waals surface area contributed by atoms with Crippen molar-refractivity contribution >= 4 is 17.5 Å². The second kappa shape index (κ2) is 7.90. The number of hydrogen-bond donors (Lipinski definition) is 2. The molecule has 3 rings (SSSR count). The van der Waals surface area contributed by atoms with Crippen molar-refractivity contribution in [2.24, 2.45) is 0 Å². The summed E-state index contributed by atoms with van der Waals surface area (Å²) in [7, 11) is 0. The van der Waals surface area contributed by atoms with Crippen molar-refractivity contribution in [3.63, 3.8) is 0 Å². The molecule has 2 aromatic rings. The number of nitrogens with zero attached hydrogens (tertiary/aromatic N) is 1. The highest BCUT2D eigenvalue weighted by atomic mass is 16.5. The number of anilines is 1. The molecule has 1 unspecified atom stereocenters. The van der Waals surface area contributed by atoms with Crippen LogP contribution in [0.15, 0.2) is 42.7 Å². The minimum atomic E-state index is -0.301. The molecule has 1 atom stereocenters. The van der Waals surface area contributed by atoms with Gasteiger partial charge >= 0.3 is 0 Å². The third kappa shape index (κ3) is 4.64. The van der Waals surface area contributed by atoms with Gasteiger partial charge in [-0.1, -0.05) is 17.7 Å². The minimum absolute atomic E-state index is 0.0740. The van der Waals surface area contributed by atoms with Crippen LogP contribution >= 0.6 is 0 Å². The summed E-state index contributed by atoms with van der Waals surface area (Å²) >= 11 is 0. The molecule has 1 aliphatic heterocycles. The van der Waals surface area contributed by atoms with E-state index >= 15 is 0 Å². The van der Waals surface area contributed by atoms with Crippen molar-refractivity contribution in [1.82, 2.24) is 10.3 Å². The Hall–Kier alpha value is -2.73. The first-order valence-corrected chi connectivity index (χ1v) is 8.35. The summed E-state index contributed by atoms with van der Waals surface area (Å²) < 4.78 is 5.48. The van der Waals surface area contributed by atoms with Crippen LogP contribution in [-0.2, 0) is 4.74 Å². The quantitative estimate of drug-likeness (QED) is 0.877. The SMILES string of the molecule is Cc1ccc(NC(=O)c2cncc(C(=O)NCC3CCCO3)c2)cc1. The largest absolute Gasteiger partial charge is 0.376 e. The molecule has 2 heterocycles. The highest BCUT2D eigenvalue weighted by Crippen LogP contribution is 2.13. The van der Waals surface area contributed by atoms with Gasteiger partial charge in [0.05, 0.1) is 17.2 Å². The molecule has 2 amide bonds. The molecule has 1 aromatic carbocycles. The topological polar surface area (TPSA) is 80.3 Å². The lowest BCUT2D eigenvalue weighted by molar-refractivity contribution is 0.0857. The predicted octanol–water partition coefficient (Wildman–Crippen LogP) is 2.55. The van der Waals surface area contributed by atoms with Gasteiger partial charge in [0, 0.05) is 31.2 Å². The minimum Gasteiger partial charge on any atom is -0.376 e. The van der Waals surface area contributed by atoms with Crippen LogP contribution in [0.25, 0.3) is 0 Å². The molecular formula is C19H21N3O3. The second-order valence-corrected chi connectivity index (χ2v) is 6.13. The molecule has 0 radical (unpaired) electrons. The third-order valence-corrected chi connectivity index (χ3v) is 4.09. The maximum atomic E-state index is 12.3. The van der Waals surface area contributed by atoms with Gasteiger partial charge in [0.1, 0.15) is 0 Å². The zero-order valence-corrected chi connectivity index (χ0v) is 14.1. The summed E-state index contributed by atoms with van der Waals surface area (Å²) in [5.74, 6) is -0.557. The number of hydrogen-bond acceptors (Lipinski definition) is 4. The lowest BCUT2D eigenvalue weighted by atomic mass is 10.1. The van der Waals surface area contributed by atoms with Crippen molar-refractivity contribution in [2.75, 3.05) is 18.5 Å². The maximum Gasteiger partial charge on any atom is 0.257 e. The number of carbonyl (C=O) groups is 2. The molecule has 1 fully saturated rings. The molecule has 1 aliphatic rings. The van der Waals surface area contributed by atoms with Gasteiger partial charge in [-0.3, -0.25) is 14.6 Å². The third-order valence-electron chi connectivity index (χ3n) is 4.09. The fourth-order valence-corrected chi connectivity index (χ4v) is 2.64. The first kappa shape index (κ1) is 17.1. The second-order valence-electron chi connectivity index (χ2n) is 6.13. The van der Waals surface area contributed by atoms with E-state index in [0.29, 0.717) is 23.4 Å². The van der Waals surface area contributed by atoms with Crippen LogP contribution in [0, 0.1) is 6.92 Å². The van der Waals surface area contributed by atoms with Gasteiger partial charge < -0.3 is 15.4 Å². The number of carbonyl (C=O) groups excluding carboxylic acids is 2. The zero-order valence-electron chi connectivity index (χ0n) is 14.1. The molecule has 6 heteroatoms. The molecule has 1 saturated heterocycles. The van der Waals surface area contributed by atoms with Crippen molar-refractivity contribution in [2.45, 2.75) is 25.9 Å². The summed E-state index contributed by atoms with van der Waals surface area (Å²) in [6.07, 6.45) is 4.95. The number of aryl methyl sites for hydroxylation is 1. The normalized spacial score (nSPS) is 16.4. The number of benzene rings is 1. The van der Waals surface area contributed by atoms with E-state index in [1.54, 1.807) is 6.07 Å². The smallest absolute Gasteiger partial charge is 0.257 e. The molecular weight excluding hydrogens is 318 g/mol. The van der Waals surface area contributed by atoms with E-state index in [1.807, 2.05) is 31.2 Å². The Kier molecular flexibility index (Phi) is 5.40. The highest BCUT2D eigenvalue weighted by molar-refractivity contribution is 6.05. The zero-order chi connectivity index (χ0) is 17.6. The van der Waals surface area contributed by atoms with E-state index < -0.39 is 0 Å². The van der Waals surface area contributed by atoms with E-state index in [9.17, 15) is 9.59 Å². The van der Waals surface area contributed by atoms with Crippen LogP contribution in [0.5, 0.6) is 0 Å². The molecule has 25 heavy (non-hydrogen) atoms. The van der Waals surface area contributed by atoms with Gasteiger partial charge in [-0.25, -0.2) is 0 Å². The fraction of sp³-hybridized carbons (Fsp3) is 0.316. The van der Waals surface area contributed by atoms with Crippen molar-refractivity contribution in [3.05, 3.63) is 59.4 Å². The number of rotatable bonds is 5. The van der Waals surface area contributed by atoms with Crippen LogP contribution in [0.3, 0.4) is 0 Å². The molecule has 1 aromatic heterocycles. The summed E-state index contributed by atoms with van der Waals surface area (Å²) in [4.78, 5) is 28.6. The van der Waals surface area contributed by atoms with Crippen LogP contribution in [0.2, 0.25) is 0 Å². The number of nitrogens with one attached hydrogen (secondary N) is 2. The first-order valence-electron chi connectivity index (χ1n) is 8.35. The summed E-state index contributed by atoms with van der Waals surface area (Å²) in [6, 6.07) is 9.05. The van der Waals surface area contributed by atoms with Crippen LogP contribution in [0.1, 0.15) is 39.1 Å². The van der Waals surface area contributed by atoms with Gasteiger partial charge in [-0.15, -0.1) is 0 Å². The molecule has 0 saturated carbocycles. The average Bonchev–Trinajstić information content (AvgIpc) is 3.15. The van der Waals surface area contributed by atoms with Crippen molar-refractivity contribution in [1.29, 1.82) is 0 Å². The van der Waals surface area contributed by atoms with E-state index in [1.165, 1.54) is 12.4 Å². The van der Waals surface area contributed by atoms with Crippen molar-refractivity contribution < 1.29 is 14.3 Å². The molecule has 0 spiro atoms. The Morgan fingerprint density at radius 1 is 1.16 bits per heavy atom. The van der Waals surface area contributed by atoms with E-state index in [-0.39, 0.29) is 17.9 Å². The molecule has 130 valence electrons. The van der Waals surface area contributed by atoms with Gasteiger partial charge in [0.25, 0.3) is 11.8 Å². The van der Waals surface area contributed by atoms with Crippen LogP contribution in [-0.4, -0.2) is 36.1 Å². The van der Waals surface area contributed by atoms with Gasteiger partial charge in [0.15, 0.2) is 0 Å². The van der Waals surface area contributed by atoms with Gasteiger partial charge in [0.2, 0.25) is 0 Å².